The number of rotatable bonds is 2. The van der Waals surface area contributed by atoms with Gasteiger partial charge in [0, 0.05) is 24.7 Å². The predicted octanol–water partition coefficient (Wildman–Crippen LogP) is 2.68. The van der Waals surface area contributed by atoms with E-state index in [-0.39, 0.29) is 0 Å². The Kier molecular flexibility index (Phi) is 2.82. The summed E-state index contributed by atoms with van der Waals surface area (Å²) >= 11 is 4.26. The highest BCUT2D eigenvalue weighted by molar-refractivity contribution is 7.80. The van der Waals surface area contributed by atoms with Gasteiger partial charge in [0.1, 0.15) is 0 Å². The molecule has 12 heavy (non-hydrogen) atoms. The number of hydrogen-bond acceptors (Lipinski definition) is 2. The van der Waals surface area contributed by atoms with Crippen molar-refractivity contribution in [2.45, 2.75) is 4.90 Å². The lowest BCUT2D eigenvalue weighted by atomic mass is 10.1. The Balaban J connectivity index is 3.20. The Morgan fingerprint density at radius 2 is 2.08 bits per heavy atom. The molecular weight excluding hydrogens is 166 g/mol. The molecule has 0 N–H and O–H groups in total. The first-order valence-electron chi connectivity index (χ1n) is 3.78. The molecule has 0 bridgehead atoms. The molecule has 0 aliphatic carbocycles. The Bertz CT molecular complexity index is 292. The molecule has 0 spiro atoms. The fourth-order valence-electron chi connectivity index (χ4n) is 1.11. The maximum absolute atomic E-state index is 4.26. The Morgan fingerprint density at radius 1 is 1.42 bits per heavy atom. The van der Waals surface area contributed by atoms with Crippen LogP contribution in [0.5, 0.6) is 0 Å². The quantitative estimate of drug-likeness (QED) is 0.683. The van der Waals surface area contributed by atoms with E-state index in [0.717, 1.165) is 10.5 Å². The number of benzene rings is 1. The molecular formula is C10H13NS. The monoisotopic (exact) mass is 179 g/mol. The normalized spacial score (nSPS) is 9.58. The molecule has 0 atom stereocenters. The molecule has 0 saturated heterocycles. The minimum absolute atomic E-state index is 0.968. The first-order chi connectivity index (χ1) is 5.65. The summed E-state index contributed by atoms with van der Waals surface area (Å²) in [5, 5.41) is 0. The van der Waals surface area contributed by atoms with Crippen molar-refractivity contribution in [2.75, 3.05) is 19.0 Å². The summed E-state index contributed by atoms with van der Waals surface area (Å²) in [5.74, 6) is 0. The lowest BCUT2D eigenvalue weighted by molar-refractivity contribution is 1.12. The van der Waals surface area contributed by atoms with Crippen molar-refractivity contribution in [3.05, 3.63) is 30.3 Å². The molecule has 0 fully saturated rings. The van der Waals surface area contributed by atoms with Crippen molar-refractivity contribution in [1.82, 2.24) is 0 Å². The summed E-state index contributed by atoms with van der Waals surface area (Å²) in [4.78, 5) is 3.03. The lowest BCUT2D eigenvalue weighted by Crippen LogP contribution is -2.09. The van der Waals surface area contributed by atoms with E-state index in [2.05, 4.69) is 24.1 Å². The van der Waals surface area contributed by atoms with E-state index in [1.807, 2.05) is 38.4 Å². The Hall–Kier alpha value is -0.890. The van der Waals surface area contributed by atoms with Gasteiger partial charge in [0.25, 0.3) is 0 Å². The molecule has 0 aliphatic rings. The zero-order chi connectivity index (χ0) is 9.14. The zero-order valence-electron chi connectivity index (χ0n) is 7.41. The van der Waals surface area contributed by atoms with Crippen LogP contribution in [-0.4, -0.2) is 14.1 Å². The number of anilines is 1. The van der Waals surface area contributed by atoms with Gasteiger partial charge in [-0.25, -0.2) is 0 Å². The molecule has 1 rings (SSSR count). The van der Waals surface area contributed by atoms with Gasteiger partial charge in [0.15, 0.2) is 0 Å². The van der Waals surface area contributed by atoms with E-state index in [9.17, 15) is 0 Å². The minimum Gasteiger partial charge on any atom is -0.377 e. The zero-order valence-corrected chi connectivity index (χ0v) is 8.31. The molecule has 1 nitrogen and oxygen atoms in total. The maximum Gasteiger partial charge on any atom is 0.0435 e. The maximum atomic E-state index is 4.26. The number of thiol groups is 1. The van der Waals surface area contributed by atoms with Crippen molar-refractivity contribution < 1.29 is 0 Å². The Labute approximate surface area is 79.1 Å². The van der Waals surface area contributed by atoms with Crippen LogP contribution in [0.2, 0.25) is 0 Å². The van der Waals surface area contributed by atoms with Gasteiger partial charge in [-0.15, -0.1) is 12.6 Å². The fraction of sp³-hybridized carbons (Fsp3) is 0.200. The van der Waals surface area contributed by atoms with E-state index >= 15 is 0 Å². The summed E-state index contributed by atoms with van der Waals surface area (Å²) < 4.78 is 0. The summed E-state index contributed by atoms with van der Waals surface area (Å²) in [7, 11) is 4.03. The molecule has 0 radical (unpaired) electrons. The molecule has 0 aliphatic heterocycles. The van der Waals surface area contributed by atoms with Gasteiger partial charge in [-0.3, -0.25) is 0 Å². The third-order valence-corrected chi connectivity index (χ3v) is 1.99. The molecule has 64 valence electrons. The second-order valence-electron chi connectivity index (χ2n) is 2.84. The average molecular weight is 179 g/mol. The van der Waals surface area contributed by atoms with Crippen LogP contribution >= 0.6 is 12.6 Å². The molecule has 1 aromatic carbocycles. The highest BCUT2D eigenvalue weighted by Gasteiger charge is 2.00. The SMILES string of the molecule is C=Cc1cc(S)ccc1N(C)C. The van der Waals surface area contributed by atoms with Crippen LogP contribution < -0.4 is 4.90 Å². The highest BCUT2D eigenvalue weighted by Crippen LogP contribution is 2.22. The summed E-state index contributed by atoms with van der Waals surface area (Å²) in [6.07, 6.45) is 1.84. The summed E-state index contributed by atoms with van der Waals surface area (Å²) in [5.41, 5.74) is 2.29. The van der Waals surface area contributed by atoms with E-state index in [4.69, 9.17) is 0 Å². The van der Waals surface area contributed by atoms with Crippen molar-refractivity contribution in [3.63, 3.8) is 0 Å². The largest absolute Gasteiger partial charge is 0.377 e. The van der Waals surface area contributed by atoms with Crippen molar-refractivity contribution in [1.29, 1.82) is 0 Å². The predicted molar refractivity (Wildman–Crippen MR) is 58.1 cm³/mol. The third-order valence-electron chi connectivity index (χ3n) is 1.71. The van der Waals surface area contributed by atoms with Crippen LogP contribution in [0.25, 0.3) is 6.08 Å². The first-order valence-corrected chi connectivity index (χ1v) is 4.22. The second kappa shape index (κ2) is 3.68. The van der Waals surface area contributed by atoms with Gasteiger partial charge in [0.05, 0.1) is 0 Å². The van der Waals surface area contributed by atoms with Crippen molar-refractivity contribution >= 4 is 24.4 Å². The van der Waals surface area contributed by atoms with Crippen molar-refractivity contribution in [3.8, 4) is 0 Å². The van der Waals surface area contributed by atoms with Crippen LogP contribution in [-0.2, 0) is 0 Å². The Morgan fingerprint density at radius 3 is 2.58 bits per heavy atom. The van der Waals surface area contributed by atoms with Gasteiger partial charge in [-0.05, 0) is 23.8 Å². The smallest absolute Gasteiger partial charge is 0.0435 e. The van der Waals surface area contributed by atoms with Crippen LogP contribution in [0.3, 0.4) is 0 Å². The number of hydrogen-bond donors (Lipinski definition) is 1. The van der Waals surface area contributed by atoms with Crippen LogP contribution in [0.1, 0.15) is 5.56 Å². The fourth-order valence-corrected chi connectivity index (χ4v) is 1.33. The van der Waals surface area contributed by atoms with Crippen LogP contribution in [0.4, 0.5) is 5.69 Å². The first kappa shape index (κ1) is 9.20. The third kappa shape index (κ3) is 1.83. The molecule has 2 heteroatoms. The van der Waals surface area contributed by atoms with Crippen LogP contribution in [0.15, 0.2) is 29.7 Å². The molecule has 0 heterocycles. The van der Waals surface area contributed by atoms with E-state index in [1.165, 1.54) is 5.69 Å². The van der Waals surface area contributed by atoms with Crippen LogP contribution in [0, 0.1) is 0 Å². The van der Waals surface area contributed by atoms with E-state index < -0.39 is 0 Å². The second-order valence-corrected chi connectivity index (χ2v) is 3.36. The van der Waals surface area contributed by atoms with Gasteiger partial charge in [0.2, 0.25) is 0 Å². The topological polar surface area (TPSA) is 3.24 Å². The molecule has 0 aromatic heterocycles. The van der Waals surface area contributed by atoms with Gasteiger partial charge in [-0.2, -0.15) is 0 Å². The molecule has 0 amide bonds. The van der Waals surface area contributed by atoms with Gasteiger partial charge < -0.3 is 4.90 Å². The molecule has 1 aromatic rings. The van der Waals surface area contributed by atoms with E-state index in [1.54, 1.807) is 0 Å². The van der Waals surface area contributed by atoms with Crippen molar-refractivity contribution in [2.24, 2.45) is 0 Å². The van der Waals surface area contributed by atoms with Gasteiger partial charge >= 0.3 is 0 Å². The molecule has 0 unspecified atom stereocenters. The lowest BCUT2D eigenvalue weighted by Gasteiger charge is -2.15. The summed E-state index contributed by atoms with van der Waals surface area (Å²) in [6, 6.07) is 6.02. The summed E-state index contributed by atoms with van der Waals surface area (Å²) in [6.45, 7) is 3.75. The average Bonchev–Trinajstić information content (AvgIpc) is 2.03. The highest BCUT2D eigenvalue weighted by atomic mass is 32.1. The minimum atomic E-state index is 0.968. The van der Waals surface area contributed by atoms with E-state index in [0.29, 0.717) is 0 Å². The molecule has 0 saturated carbocycles. The van der Waals surface area contributed by atoms with Gasteiger partial charge in [-0.1, -0.05) is 12.7 Å². The number of nitrogens with zero attached hydrogens (tertiary/aromatic N) is 1. The standard InChI is InChI=1S/C10H13NS/c1-4-8-7-9(12)5-6-10(8)11(2)3/h4-7,12H,1H2,2-3H3.